The molecule has 2 rings (SSSR count). The molecule has 3 atom stereocenters. The highest BCUT2D eigenvalue weighted by molar-refractivity contribution is 9.10. The first-order valence-electron chi connectivity index (χ1n) is 6.15. The van der Waals surface area contributed by atoms with Gasteiger partial charge in [-0.1, -0.05) is 22.9 Å². The van der Waals surface area contributed by atoms with Gasteiger partial charge in [-0.2, -0.15) is 0 Å². The average Bonchev–Trinajstić information content (AvgIpc) is 3.03. The maximum absolute atomic E-state index is 5.42. The van der Waals surface area contributed by atoms with Gasteiger partial charge in [0, 0.05) is 10.5 Å². The molecule has 0 aromatic heterocycles. The molecular weight excluding hydrogens is 278 g/mol. The highest BCUT2D eigenvalue weighted by atomic mass is 79.9. The van der Waals surface area contributed by atoms with Crippen LogP contribution in [0.5, 0.6) is 5.75 Å². The van der Waals surface area contributed by atoms with Crippen molar-refractivity contribution in [1.29, 1.82) is 0 Å². The van der Waals surface area contributed by atoms with Crippen molar-refractivity contribution in [2.24, 2.45) is 11.8 Å². The summed E-state index contributed by atoms with van der Waals surface area (Å²) in [4.78, 5) is 0. The van der Waals surface area contributed by atoms with Crippen molar-refractivity contribution >= 4 is 15.9 Å². The number of halogens is 1. The molecular formula is C14H20BrNO. The number of likely N-dealkylation sites (N-methyl/N-ethyl adjacent to an activating group) is 1. The van der Waals surface area contributed by atoms with Crippen LogP contribution in [-0.4, -0.2) is 20.2 Å². The minimum absolute atomic E-state index is 0.563. The van der Waals surface area contributed by atoms with E-state index in [0.717, 1.165) is 28.5 Å². The smallest absolute Gasteiger partial charge is 0.122 e. The number of rotatable bonds is 5. The van der Waals surface area contributed by atoms with Gasteiger partial charge >= 0.3 is 0 Å². The van der Waals surface area contributed by atoms with E-state index in [2.05, 4.69) is 41.3 Å². The minimum atomic E-state index is 0.563. The highest BCUT2D eigenvalue weighted by Crippen LogP contribution is 2.42. The maximum Gasteiger partial charge on any atom is 0.122 e. The normalized spacial score (nSPS) is 24.5. The summed E-state index contributed by atoms with van der Waals surface area (Å²) < 4.78 is 6.54. The van der Waals surface area contributed by atoms with E-state index in [1.165, 1.54) is 12.0 Å². The zero-order valence-corrected chi connectivity index (χ0v) is 12.3. The second-order valence-electron chi connectivity index (χ2n) is 4.93. The summed E-state index contributed by atoms with van der Waals surface area (Å²) in [5.74, 6) is 2.68. The van der Waals surface area contributed by atoms with Gasteiger partial charge in [-0.3, -0.25) is 0 Å². The molecule has 3 unspecified atom stereocenters. The summed E-state index contributed by atoms with van der Waals surface area (Å²) in [7, 11) is 3.79. The molecule has 1 aromatic carbocycles. The Morgan fingerprint density at radius 2 is 2.24 bits per heavy atom. The molecule has 94 valence electrons. The van der Waals surface area contributed by atoms with Crippen LogP contribution in [0.2, 0.25) is 0 Å². The van der Waals surface area contributed by atoms with E-state index in [1.54, 1.807) is 7.11 Å². The van der Waals surface area contributed by atoms with Crippen molar-refractivity contribution in [3.63, 3.8) is 0 Å². The summed E-state index contributed by atoms with van der Waals surface area (Å²) in [5.41, 5.74) is 1.28. The Bertz CT molecular complexity index is 394. The third kappa shape index (κ3) is 3.02. The molecule has 0 aliphatic heterocycles. The molecule has 0 saturated heterocycles. The minimum Gasteiger partial charge on any atom is -0.496 e. The zero-order valence-electron chi connectivity index (χ0n) is 10.7. The molecule has 1 aromatic rings. The number of hydrogen-bond donors (Lipinski definition) is 1. The van der Waals surface area contributed by atoms with Gasteiger partial charge < -0.3 is 10.1 Å². The van der Waals surface area contributed by atoms with E-state index < -0.39 is 0 Å². The predicted molar refractivity (Wildman–Crippen MR) is 74.5 cm³/mol. The lowest BCUT2D eigenvalue weighted by atomic mass is 10.0. The Balaban J connectivity index is 2.13. The first-order valence-corrected chi connectivity index (χ1v) is 6.94. The van der Waals surface area contributed by atoms with Crippen LogP contribution in [0.3, 0.4) is 0 Å². The van der Waals surface area contributed by atoms with Gasteiger partial charge in [-0.25, -0.2) is 0 Å². The molecule has 0 amide bonds. The fourth-order valence-corrected chi connectivity index (χ4v) is 2.93. The van der Waals surface area contributed by atoms with Crippen molar-refractivity contribution in [3.8, 4) is 5.75 Å². The average molecular weight is 298 g/mol. The molecule has 0 spiro atoms. The predicted octanol–water partition coefficient (Wildman–Crippen LogP) is 3.24. The number of nitrogens with one attached hydrogen (secondary N) is 1. The zero-order chi connectivity index (χ0) is 12.4. The van der Waals surface area contributed by atoms with Gasteiger partial charge in [0.25, 0.3) is 0 Å². The monoisotopic (exact) mass is 297 g/mol. The number of hydrogen-bond acceptors (Lipinski definition) is 2. The van der Waals surface area contributed by atoms with E-state index in [4.69, 9.17) is 4.74 Å². The molecule has 0 bridgehead atoms. The van der Waals surface area contributed by atoms with Gasteiger partial charge in [0.2, 0.25) is 0 Å². The van der Waals surface area contributed by atoms with Crippen molar-refractivity contribution in [1.82, 2.24) is 5.32 Å². The van der Waals surface area contributed by atoms with Gasteiger partial charge in [0.05, 0.1) is 7.11 Å². The Morgan fingerprint density at radius 1 is 1.53 bits per heavy atom. The first-order chi connectivity index (χ1) is 8.15. The second-order valence-corrected chi connectivity index (χ2v) is 5.85. The molecule has 2 nitrogen and oxygen atoms in total. The summed E-state index contributed by atoms with van der Waals surface area (Å²) >= 11 is 3.53. The Morgan fingerprint density at radius 3 is 2.76 bits per heavy atom. The SMILES string of the molecule is CNC(Cc1cc(Br)ccc1OC)C1CC1C. The number of methoxy groups -OCH3 is 1. The fourth-order valence-electron chi connectivity index (χ4n) is 2.52. The summed E-state index contributed by atoms with van der Waals surface area (Å²) in [5, 5.41) is 3.44. The largest absolute Gasteiger partial charge is 0.496 e. The van der Waals surface area contributed by atoms with Gasteiger partial charge in [-0.15, -0.1) is 0 Å². The standard InChI is InChI=1S/C14H20BrNO/c1-9-6-12(9)13(16-2)8-10-7-11(15)4-5-14(10)17-3/h4-5,7,9,12-13,16H,6,8H2,1-3H3. The molecule has 1 N–H and O–H groups in total. The van der Waals surface area contributed by atoms with Crippen LogP contribution in [0.4, 0.5) is 0 Å². The lowest BCUT2D eigenvalue weighted by Crippen LogP contribution is -2.30. The topological polar surface area (TPSA) is 21.3 Å². The van der Waals surface area contributed by atoms with Crippen molar-refractivity contribution in [2.75, 3.05) is 14.2 Å². The first kappa shape index (κ1) is 12.9. The van der Waals surface area contributed by atoms with Gasteiger partial charge in [0.1, 0.15) is 5.75 Å². The maximum atomic E-state index is 5.42. The molecule has 1 saturated carbocycles. The lowest BCUT2D eigenvalue weighted by molar-refractivity contribution is 0.401. The quantitative estimate of drug-likeness (QED) is 0.901. The van der Waals surface area contributed by atoms with Gasteiger partial charge in [0.15, 0.2) is 0 Å². The van der Waals surface area contributed by atoms with Crippen molar-refractivity contribution in [3.05, 3.63) is 28.2 Å². The van der Waals surface area contributed by atoms with E-state index in [9.17, 15) is 0 Å². The van der Waals surface area contributed by atoms with Crippen LogP contribution >= 0.6 is 15.9 Å². The third-order valence-corrected chi connectivity index (χ3v) is 4.23. The molecule has 0 heterocycles. The Kier molecular flexibility index (Phi) is 4.10. The van der Waals surface area contributed by atoms with E-state index >= 15 is 0 Å². The molecule has 1 aliphatic rings. The molecule has 0 radical (unpaired) electrons. The molecule has 1 fully saturated rings. The molecule has 1 aliphatic carbocycles. The van der Waals surface area contributed by atoms with Crippen LogP contribution in [0.1, 0.15) is 18.9 Å². The van der Waals surface area contributed by atoms with Crippen LogP contribution in [-0.2, 0) is 6.42 Å². The summed E-state index contributed by atoms with van der Waals surface area (Å²) in [6, 6.07) is 6.78. The van der Waals surface area contributed by atoms with E-state index in [0.29, 0.717) is 6.04 Å². The second kappa shape index (κ2) is 5.40. The Labute approximate surface area is 112 Å². The summed E-state index contributed by atoms with van der Waals surface area (Å²) in [6.07, 6.45) is 2.38. The van der Waals surface area contributed by atoms with Crippen LogP contribution in [0.15, 0.2) is 22.7 Å². The van der Waals surface area contributed by atoms with Crippen molar-refractivity contribution < 1.29 is 4.74 Å². The van der Waals surface area contributed by atoms with Crippen LogP contribution < -0.4 is 10.1 Å². The third-order valence-electron chi connectivity index (χ3n) is 3.74. The summed E-state index contributed by atoms with van der Waals surface area (Å²) in [6.45, 7) is 2.33. The molecule has 3 heteroatoms. The molecule has 17 heavy (non-hydrogen) atoms. The van der Waals surface area contributed by atoms with Crippen LogP contribution in [0.25, 0.3) is 0 Å². The van der Waals surface area contributed by atoms with E-state index in [1.807, 2.05) is 12.1 Å². The number of benzene rings is 1. The number of ether oxygens (including phenoxy) is 1. The van der Waals surface area contributed by atoms with Crippen molar-refractivity contribution in [2.45, 2.75) is 25.8 Å². The Hall–Kier alpha value is -0.540. The van der Waals surface area contributed by atoms with Crippen LogP contribution in [0, 0.1) is 11.8 Å². The lowest BCUT2D eigenvalue weighted by Gasteiger charge is -2.18. The fraction of sp³-hybridized carbons (Fsp3) is 0.571. The van der Waals surface area contributed by atoms with Gasteiger partial charge in [-0.05, 0) is 55.5 Å². The highest BCUT2D eigenvalue weighted by Gasteiger charge is 2.38. The van der Waals surface area contributed by atoms with E-state index in [-0.39, 0.29) is 0 Å².